The van der Waals surface area contributed by atoms with Gasteiger partial charge >= 0.3 is 0 Å². The Balaban J connectivity index is 1.38. The number of rotatable bonds is 4. The fourth-order valence-electron chi connectivity index (χ4n) is 3.86. The zero-order valence-corrected chi connectivity index (χ0v) is 14.5. The number of carbonyl (C=O) groups excluding carboxylic acids is 2. The molecule has 4 nitrogen and oxygen atoms in total. The second-order valence-electron chi connectivity index (χ2n) is 6.99. The maximum atomic E-state index is 13.0. The second-order valence-corrected chi connectivity index (χ2v) is 6.99. The summed E-state index contributed by atoms with van der Waals surface area (Å²) in [5, 5.41) is 0. The van der Waals surface area contributed by atoms with Gasteiger partial charge < -0.3 is 9.80 Å². The number of para-hydroxylation sites is 1. The molecule has 134 valence electrons. The Morgan fingerprint density at radius 1 is 1.12 bits per heavy atom. The number of fused-ring (bicyclic) bond motifs is 1. The number of hydrogen-bond donors (Lipinski definition) is 0. The standard InChI is InChI=1S/C21H21FN2O2/c22-18-7-5-15(6-8-18)9-11-23-14-17(13-20(23)25)21(26)24-12-10-16-3-1-2-4-19(16)24/h1-8,17H,9-14H2/t17-/m1/s1. The summed E-state index contributed by atoms with van der Waals surface area (Å²) in [5.41, 5.74) is 3.16. The topological polar surface area (TPSA) is 40.6 Å². The predicted octanol–water partition coefficient (Wildman–Crippen LogP) is 2.81. The van der Waals surface area contributed by atoms with Crippen LogP contribution < -0.4 is 4.90 Å². The van der Waals surface area contributed by atoms with Crippen LogP contribution in [0.4, 0.5) is 10.1 Å². The van der Waals surface area contributed by atoms with Gasteiger partial charge in [0.2, 0.25) is 11.8 Å². The lowest BCUT2D eigenvalue weighted by Crippen LogP contribution is -2.36. The van der Waals surface area contributed by atoms with Gasteiger partial charge in [0, 0.05) is 31.7 Å². The van der Waals surface area contributed by atoms with Gasteiger partial charge in [0.25, 0.3) is 0 Å². The molecule has 0 radical (unpaired) electrons. The number of amides is 2. The third-order valence-electron chi connectivity index (χ3n) is 5.30. The van der Waals surface area contributed by atoms with Crippen LogP contribution in [0.3, 0.4) is 0 Å². The normalized spacial score (nSPS) is 19.1. The van der Waals surface area contributed by atoms with Crippen LogP contribution in [0.5, 0.6) is 0 Å². The molecule has 2 aromatic carbocycles. The Morgan fingerprint density at radius 3 is 2.69 bits per heavy atom. The van der Waals surface area contributed by atoms with E-state index in [1.165, 1.54) is 17.7 Å². The SMILES string of the molecule is O=C1C[C@@H](C(=O)N2CCc3ccccc32)CN1CCc1ccc(F)cc1. The van der Waals surface area contributed by atoms with Gasteiger partial charge in [-0.15, -0.1) is 0 Å². The van der Waals surface area contributed by atoms with Crippen molar-refractivity contribution < 1.29 is 14.0 Å². The Bertz CT molecular complexity index is 834. The Kier molecular flexibility index (Phi) is 4.45. The van der Waals surface area contributed by atoms with E-state index in [2.05, 4.69) is 6.07 Å². The molecule has 5 heteroatoms. The van der Waals surface area contributed by atoms with Crippen molar-refractivity contribution in [2.45, 2.75) is 19.3 Å². The van der Waals surface area contributed by atoms with Crippen molar-refractivity contribution >= 4 is 17.5 Å². The summed E-state index contributed by atoms with van der Waals surface area (Å²) in [6.07, 6.45) is 1.82. The molecule has 0 bridgehead atoms. The second kappa shape index (κ2) is 6.90. The molecule has 2 aliphatic heterocycles. The van der Waals surface area contributed by atoms with Crippen molar-refractivity contribution in [2.24, 2.45) is 5.92 Å². The fourth-order valence-corrected chi connectivity index (χ4v) is 3.86. The molecule has 0 aliphatic carbocycles. The number of likely N-dealkylation sites (tertiary alicyclic amines) is 1. The van der Waals surface area contributed by atoms with Crippen molar-refractivity contribution in [3.8, 4) is 0 Å². The molecule has 4 rings (SSSR count). The summed E-state index contributed by atoms with van der Waals surface area (Å²) in [6.45, 7) is 1.72. The highest BCUT2D eigenvalue weighted by molar-refractivity contribution is 6.00. The predicted molar refractivity (Wildman–Crippen MR) is 97.3 cm³/mol. The van der Waals surface area contributed by atoms with E-state index < -0.39 is 0 Å². The van der Waals surface area contributed by atoms with Crippen molar-refractivity contribution in [2.75, 3.05) is 24.5 Å². The molecule has 2 heterocycles. The summed E-state index contributed by atoms with van der Waals surface area (Å²) in [5.74, 6) is -0.463. The minimum Gasteiger partial charge on any atom is -0.342 e. The molecule has 26 heavy (non-hydrogen) atoms. The average molecular weight is 352 g/mol. The van der Waals surface area contributed by atoms with E-state index in [4.69, 9.17) is 0 Å². The van der Waals surface area contributed by atoms with Crippen LogP contribution in [0, 0.1) is 11.7 Å². The molecule has 2 amide bonds. The molecule has 0 spiro atoms. The first-order valence-corrected chi connectivity index (χ1v) is 9.03. The molecule has 0 N–H and O–H groups in total. The van der Waals surface area contributed by atoms with Gasteiger partial charge in [-0.25, -0.2) is 4.39 Å². The lowest BCUT2D eigenvalue weighted by atomic mass is 10.1. The molecular weight excluding hydrogens is 331 g/mol. The van der Waals surface area contributed by atoms with Crippen LogP contribution in [0.1, 0.15) is 17.5 Å². The summed E-state index contributed by atoms with van der Waals surface area (Å²) in [4.78, 5) is 28.8. The summed E-state index contributed by atoms with van der Waals surface area (Å²) >= 11 is 0. The molecule has 0 unspecified atom stereocenters. The highest BCUT2D eigenvalue weighted by atomic mass is 19.1. The lowest BCUT2D eigenvalue weighted by molar-refractivity contribution is -0.128. The van der Waals surface area contributed by atoms with E-state index in [1.54, 1.807) is 17.0 Å². The molecule has 2 aliphatic rings. The zero-order valence-electron chi connectivity index (χ0n) is 14.5. The van der Waals surface area contributed by atoms with Gasteiger partial charge in [-0.3, -0.25) is 9.59 Å². The number of halogens is 1. The first-order chi connectivity index (χ1) is 12.6. The van der Waals surface area contributed by atoms with Gasteiger partial charge in [-0.2, -0.15) is 0 Å². The largest absolute Gasteiger partial charge is 0.342 e. The highest BCUT2D eigenvalue weighted by Gasteiger charge is 2.38. The van der Waals surface area contributed by atoms with Gasteiger partial charge in [0.1, 0.15) is 5.82 Å². The average Bonchev–Trinajstić information content (AvgIpc) is 3.24. The van der Waals surface area contributed by atoms with Crippen molar-refractivity contribution in [1.29, 1.82) is 0 Å². The van der Waals surface area contributed by atoms with E-state index in [0.29, 0.717) is 26.1 Å². The molecule has 1 saturated heterocycles. The summed E-state index contributed by atoms with van der Waals surface area (Å²) in [7, 11) is 0. The number of carbonyl (C=O) groups is 2. The van der Waals surface area contributed by atoms with E-state index in [1.807, 2.05) is 23.1 Å². The number of nitrogens with zero attached hydrogens (tertiary/aromatic N) is 2. The molecule has 1 atom stereocenters. The first kappa shape index (κ1) is 16.8. The van der Waals surface area contributed by atoms with Crippen molar-refractivity contribution in [3.63, 3.8) is 0 Å². The molecule has 1 fully saturated rings. The Hall–Kier alpha value is -2.69. The van der Waals surface area contributed by atoms with E-state index >= 15 is 0 Å². The highest BCUT2D eigenvalue weighted by Crippen LogP contribution is 2.31. The molecule has 0 aromatic heterocycles. The third kappa shape index (κ3) is 3.21. The van der Waals surface area contributed by atoms with Crippen molar-refractivity contribution in [3.05, 3.63) is 65.5 Å². The third-order valence-corrected chi connectivity index (χ3v) is 5.30. The van der Waals surface area contributed by atoms with Crippen LogP contribution in [0.2, 0.25) is 0 Å². The van der Waals surface area contributed by atoms with Crippen LogP contribution in [-0.4, -0.2) is 36.3 Å². The van der Waals surface area contributed by atoms with Crippen molar-refractivity contribution in [1.82, 2.24) is 4.90 Å². The summed E-state index contributed by atoms with van der Waals surface area (Å²) < 4.78 is 13.0. The lowest BCUT2D eigenvalue weighted by Gasteiger charge is -2.21. The molecule has 2 aromatic rings. The van der Waals surface area contributed by atoms with E-state index in [0.717, 1.165) is 17.7 Å². The van der Waals surface area contributed by atoms with E-state index in [-0.39, 0.29) is 30.0 Å². The zero-order chi connectivity index (χ0) is 18.1. The smallest absolute Gasteiger partial charge is 0.232 e. The maximum Gasteiger partial charge on any atom is 0.232 e. The van der Waals surface area contributed by atoms with Gasteiger partial charge in [0.15, 0.2) is 0 Å². The Morgan fingerprint density at radius 2 is 1.88 bits per heavy atom. The number of benzene rings is 2. The quantitative estimate of drug-likeness (QED) is 0.849. The fraction of sp³-hybridized carbons (Fsp3) is 0.333. The van der Waals surface area contributed by atoms with Crippen LogP contribution in [0.15, 0.2) is 48.5 Å². The Labute approximate surface area is 152 Å². The molecular formula is C21H21FN2O2. The van der Waals surface area contributed by atoms with Gasteiger partial charge in [-0.1, -0.05) is 30.3 Å². The number of anilines is 1. The van der Waals surface area contributed by atoms with Crippen LogP contribution in [0.25, 0.3) is 0 Å². The molecule has 0 saturated carbocycles. The van der Waals surface area contributed by atoms with Crippen LogP contribution >= 0.6 is 0 Å². The maximum absolute atomic E-state index is 13.0. The van der Waals surface area contributed by atoms with Crippen LogP contribution in [-0.2, 0) is 22.4 Å². The number of hydrogen-bond acceptors (Lipinski definition) is 2. The minimum absolute atomic E-state index is 0.0259. The first-order valence-electron chi connectivity index (χ1n) is 9.03. The van der Waals surface area contributed by atoms with Gasteiger partial charge in [-0.05, 0) is 42.2 Å². The summed E-state index contributed by atoms with van der Waals surface area (Å²) in [6, 6.07) is 14.3. The minimum atomic E-state index is -0.276. The van der Waals surface area contributed by atoms with Gasteiger partial charge in [0.05, 0.1) is 5.92 Å². The monoisotopic (exact) mass is 352 g/mol. The van der Waals surface area contributed by atoms with E-state index in [9.17, 15) is 14.0 Å².